The minimum absolute atomic E-state index is 0.148. The van der Waals surface area contributed by atoms with E-state index in [0.717, 1.165) is 84.1 Å². The molecule has 0 aromatic heterocycles. The highest BCUT2D eigenvalue weighted by atomic mass is 16.2. The van der Waals surface area contributed by atoms with Gasteiger partial charge >= 0.3 is 0 Å². The minimum Gasteiger partial charge on any atom is -0.353 e. The maximum Gasteiger partial charge on any atom is 0.226 e. The van der Waals surface area contributed by atoms with Crippen LogP contribution < -0.4 is 16.0 Å². The first-order valence-electron chi connectivity index (χ1n) is 10.6. The molecule has 2 amide bonds. The highest BCUT2D eigenvalue weighted by Crippen LogP contribution is 2.26. The predicted octanol–water partition coefficient (Wildman–Crippen LogP) is 1.12. The Morgan fingerprint density at radius 3 is 2.12 bits per heavy atom. The Kier molecular flexibility index (Phi) is 7.32. The summed E-state index contributed by atoms with van der Waals surface area (Å²) in [4.78, 5) is 26.9. The van der Waals surface area contributed by atoms with Gasteiger partial charge in [-0.2, -0.15) is 0 Å². The molecule has 2 atom stereocenters. The normalized spacial score (nSPS) is 32.7. The molecule has 148 valence electrons. The first kappa shape index (κ1) is 19.6. The Bertz CT molecular complexity index is 464. The van der Waals surface area contributed by atoms with Gasteiger partial charge in [-0.1, -0.05) is 0 Å². The summed E-state index contributed by atoms with van der Waals surface area (Å²) >= 11 is 0. The van der Waals surface area contributed by atoms with Crippen LogP contribution in [-0.4, -0.2) is 62.5 Å². The molecule has 1 saturated carbocycles. The van der Waals surface area contributed by atoms with Crippen LogP contribution in [0.15, 0.2) is 0 Å². The molecule has 2 aliphatic heterocycles. The molecule has 6 nitrogen and oxygen atoms in total. The monoisotopic (exact) mass is 364 g/mol. The van der Waals surface area contributed by atoms with Gasteiger partial charge in [0.15, 0.2) is 0 Å². The van der Waals surface area contributed by atoms with Crippen LogP contribution in [-0.2, 0) is 9.59 Å². The quantitative estimate of drug-likeness (QED) is 0.683. The van der Waals surface area contributed by atoms with Crippen molar-refractivity contribution in [3.05, 3.63) is 0 Å². The molecule has 0 unspecified atom stereocenters. The lowest BCUT2D eigenvalue weighted by Crippen LogP contribution is -2.46. The second-order valence-electron chi connectivity index (χ2n) is 8.53. The van der Waals surface area contributed by atoms with Crippen molar-refractivity contribution in [1.82, 2.24) is 20.9 Å². The van der Waals surface area contributed by atoms with E-state index in [1.807, 2.05) is 11.9 Å². The van der Waals surface area contributed by atoms with E-state index < -0.39 is 0 Å². The Balaban J connectivity index is 1.36. The molecule has 2 saturated heterocycles. The Morgan fingerprint density at radius 2 is 1.54 bits per heavy atom. The molecule has 3 aliphatic rings. The smallest absolute Gasteiger partial charge is 0.226 e. The van der Waals surface area contributed by atoms with Crippen molar-refractivity contribution in [2.24, 2.45) is 17.8 Å². The van der Waals surface area contributed by atoms with E-state index in [1.54, 1.807) is 0 Å². The summed E-state index contributed by atoms with van der Waals surface area (Å²) in [5.41, 5.74) is 0. The largest absolute Gasteiger partial charge is 0.353 e. The Hall–Kier alpha value is -1.14. The highest BCUT2D eigenvalue weighted by molar-refractivity contribution is 5.79. The summed E-state index contributed by atoms with van der Waals surface area (Å²) in [6.07, 6.45) is 8.53. The van der Waals surface area contributed by atoms with Gasteiger partial charge in [-0.25, -0.2) is 0 Å². The maximum atomic E-state index is 12.6. The van der Waals surface area contributed by atoms with Crippen molar-refractivity contribution in [1.29, 1.82) is 0 Å². The van der Waals surface area contributed by atoms with Gasteiger partial charge in [-0.15, -0.1) is 0 Å². The SMILES string of the molecule is CN(CC1CCC(NC(=O)[C@@H]2CCCNC2)CC1)C(=O)[C@@H]1CCCNC1. The Morgan fingerprint density at radius 1 is 0.923 bits per heavy atom. The Labute approximate surface area is 157 Å². The molecule has 3 rings (SSSR count). The molecule has 2 heterocycles. The van der Waals surface area contributed by atoms with E-state index in [-0.39, 0.29) is 17.7 Å². The van der Waals surface area contributed by atoms with E-state index in [1.165, 1.54) is 0 Å². The summed E-state index contributed by atoms with van der Waals surface area (Å²) in [5, 5.41) is 9.92. The van der Waals surface area contributed by atoms with E-state index >= 15 is 0 Å². The molecule has 3 N–H and O–H groups in total. The first-order valence-corrected chi connectivity index (χ1v) is 10.6. The lowest BCUT2D eigenvalue weighted by atomic mass is 9.85. The number of nitrogens with one attached hydrogen (secondary N) is 3. The molecule has 0 radical (unpaired) electrons. The van der Waals surface area contributed by atoms with Gasteiger partial charge in [-0.3, -0.25) is 9.59 Å². The number of hydrogen-bond acceptors (Lipinski definition) is 4. The molecule has 3 fully saturated rings. The third kappa shape index (κ3) is 5.43. The molecule has 26 heavy (non-hydrogen) atoms. The predicted molar refractivity (Wildman–Crippen MR) is 103 cm³/mol. The van der Waals surface area contributed by atoms with Crippen molar-refractivity contribution in [2.45, 2.75) is 57.4 Å². The average molecular weight is 365 g/mol. The maximum absolute atomic E-state index is 12.6. The lowest BCUT2D eigenvalue weighted by Gasteiger charge is -2.34. The van der Waals surface area contributed by atoms with Crippen molar-refractivity contribution in [2.75, 3.05) is 39.8 Å². The number of nitrogens with zero attached hydrogens (tertiary/aromatic N) is 1. The van der Waals surface area contributed by atoms with Crippen LogP contribution in [0.2, 0.25) is 0 Å². The van der Waals surface area contributed by atoms with Gasteiger partial charge in [0.05, 0.1) is 11.8 Å². The highest BCUT2D eigenvalue weighted by Gasteiger charge is 2.29. The van der Waals surface area contributed by atoms with Crippen LogP contribution in [0.5, 0.6) is 0 Å². The third-order valence-corrected chi connectivity index (χ3v) is 6.42. The van der Waals surface area contributed by atoms with E-state index in [0.29, 0.717) is 17.9 Å². The second-order valence-corrected chi connectivity index (χ2v) is 8.53. The summed E-state index contributed by atoms with van der Waals surface area (Å²) in [5.74, 6) is 1.42. The number of amides is 2. The van der Waals surface area contributed by atoms with Gasteiger partial charge in [0.2, 0.25) is 11.8 Å². The van der Waals surface area contributed by atoms with Gasteiger partial charge < -0.3 is 20.9 Å². The summed E-state index contributed by atoms with van der Waals surface area (Å²) < 4.78 is 0. The number of carbonyl (C=O) groups is 2. The van der Waals surface area contributed by atoms with Gasteiger partial charge in [0, 0.05) is 32.7 Å². The minimum atomic E-state index is 0.148. The molecular weight excluding hydrogens is 328 g/mol. The van der Waals surface area contributed by atoms with Crippen LogP contribution in [0.1, 0.15) is 51.4 Å². The van der Waals surface area contributed by atoms with Crippen molar-refractivity contribution in [3.63, 3.8) is 0 Å². The number of rotatable bonds is 5. The van der Waals surface area contributed by atoms with Crippen molar-refractivity contribution < 1.29 is 9.59 Å². The molecule has 0 aromatic rings. The first-order chi connectivity index (χ1) is 12.6. The zero-order valence-corrected chi connectivity index (χ0v) is 16.3. The summed E-state index contributed by atoms with van der Waals surface area (Å²) in [6.45, 7) is 4.60. The van der Waals surface area contributed by atoms with Crippen LogP contribution in [0.4, 0.5) is 0 Å². The van der Waals surface area contributed by atoms with Crippen molar-refractivity contribution in [3.8, 4) is 0 Å². The van der Waals surface area contributed by atoms with E-state index in [9.17, 15) is 9.59 Å². The molecule has 6 heteroatoms. The number of piperidine rings is 2. The van der Waals surface area contributed by atoms with Gasteiger partial charge in [-0.05, 0) is 70.4 Å². The fourth-order valence-corrected chi connectivity index (χ4v) is 4.74. The average Bonchev–Trinajstić information content (AvgIpc) is 2.70. The second kappa shape index (κ2) is 9.70. The summed E-state index contributed by atoms with van der Waals surface area (Å²) in [6, 6.07) is 0.323. The molecule has 0 bridgehead atoms. The zero-order chi connectivity index (χ0) is 18.4. The van der Waals surface area contributed by atoms with Crippen LogP contribution in [0, 0.1) is 17.8 Å². The van der Waals surface area contributed by atoms with E-state index in [2.05, 4.69) is 16.0 Å². The van der Waals surface area contributed by atoms with Crippen LogP contribution >= 0.6 is 0 Å². The topological polar surface area (TPSA) is 73.5 Å². The van der Waals surface area contributed by atoms with Gasteiger partial charge in [0.1, 0.15) is 0 Å². The third-order valence-electron chi connectivity index (χ3n) is 6.42. The van der Waals surface area contributed by atoms with Crippen LogP contribution in [0.3, 0.4) is 0 Å². The molecule has 1 aliphatic carbocycles. The standard InChI is InChI=1S/C20H36N4O2/c1-24(20(26)17-5-3-11-22-13-17)14-15-6-8-18(9-7-15)23-19(25)16-4-2-10-21-12-16/h15-18,21-22H,2-14H2,1H3,(H,23,25)/t15?,16-,17-,18?/m1/s1. The number of hydrogen-bond donors (Lipinski definition) is 3. The molecule has 0 spiro atoms. The lowest BCUT2D eigenvalue weighted by molar-refractivity contribution is -0.135. The van der Waals surface area contributed by atoms with E-state index in [4.69, 9.17) is 0 Å². The number of carbonyl (C=O) groups excluding carboxylic acids is 2. The van der Waals surface area contributed by atoms with Gasteiger partial charge in [0.25, 0.3) is 0 Å². The zero-order valence-electron chi connectivity index (χ0n) is 16.3. The summed E-state index contributed by atoms with van der Waals surface area (Å²) in [7, 11) is 1.96. The van der Waals surface area contributed by atoms with Crippen molar-refractivity contribution >= 4 is 11.8 Å². The van der Waals surface area contributed by atoms with Crippen LogP contribution in [0.25, 0.3) is 0 Å². The fraction of sp³-hybridized carbons (Fsp3) is 0.900. The molecular formula is C20H36N4O2. The fourth-order valence-electron chi connectivity index (χ4n) is 4.74. The molecule has 0 aromatic carbocycles.